The molecule has 0 amide bonds. The van der Waals surface area contributed by atoms with Crippen molar-refractivity contribution in [1.82, 2.24) is 0 Å². The first-order valence-corrected chi connectivity index (χ1v) is 5.55. The molecule has 1 unspecified atom stereocenters. The third kappa shape index (κ3) is 2.14. The Hall–Kier alpha value is -1.72. The molecule has 1 aromatic rings. The Kier molecular flexibility index (Phi) is 3.19. The van der Waals surface area contributed by atoms with Gasteiger partial charge in [-0.25, -0.2) is 4.79 Å². The monoisotopic (exact) mass is 259 g/mol. The number of nitrogens with zero attached hydrogens (tertiary/aromatic N) is 1. The number of carbonyl (C=O) groups excluding carboxylic acids is 1. The van der Waals surface area contributed by atoms with Gasteiger partial charge in [0, 0.05) is 12.1 Å². The van der Waals surface area contributed by atoms with Crippen molar-refractivity contribution < 1.29 is 22.7 Å². The zero-order chi connectivity index (χ0) is 13.3. The van der Waals surface area contributed by atoms with Gasteiger partial charge in [-0.3, -0.25) is 4.90 Å². The molecule has 18 heavy (non-hydrogen) atoms. The number of rotatable bonds is 2. The summed E-state index contributed by atoms with van der Waals surface area (Å²) in [6.07, 6.45) is -4.57. The number of hydrogen-bond acceptors (Lipinski definition) is 3. The van der Waals surface area contributed by atoms with Crippen molar-refractivity contribution in [2.24, 2.45) is 0 Å². The van der Waals surface area contributed by atoms with Crippen LogP contribution in [0.3, 0.4) is 0 Å². The summed E-state index contributed by atoms with van der Waals surface area (Å²) in [5, 5.41) is 0. The Morgan fingerprint density at radius 2 is 2.11 bits per heavy atom. The second-order valence-electron chi connectivity index (χ2n) is 3.94. The molecule has 0 saturated carbocycles. The van der Waals surface area contributed by atoms with Gasteiger partial charge in [-0.15, -0.1) is 0 Å². The number of alkyl halides is 3. The summed E-state index contributed by atoms with van der Waals surface area (Å²) in [5.41, 5.74) is 0.538. The van der Waals surface area contributed by atoms with E-state index in [1.165, 1.54) is 12.1 Å². The second kappa shape index (κ2) is 4.51. The molecular weight excluding hydrogens is 247 g/mol. The summed E-state index contributed by atoms with van der Waals surface area (Å²) in [6.45, 7) is 1.63. The maximum Gasteiger partial charge on any atom is 0.485 e. The van der Waals surface area contributed by atoms with Gasteiger partial charge in [-0.2, -0.15) is 13.2 Å². The largest absolute Gasteiger partial charge is 0.485 e. The van der Waals surface area contributed by atoms with Crippen LogP contribution in [-0.4, -0.2) is 24.9 Å². The quantitative estimate of drug-likeness (QED) is 0.603. The lowest BCUT2D eigenvalue weighted by molar-refractivity contribution is -0.157. The van der Waals surface area contributed by atoms with Crippen LogP contribution in [0.5, 0.6) is 0 Å². The number of ether oxygens (including phenoxy) is 1. The second-order valence-corrected chi connectivity index (χ2v) is 3.94. The first kappa shape index (κ1) is 12.7. The first-order valence-electron chi connectivity index (χ1n) is 5.55. The summed E-state index contributed by atoms with van der Waals surface area (Å²) in [4.78, 5) is 11.8. The summed E-state index contributed by atoms with van der Waals surface area (Å²) >= 11 is 0. The van der Waals surface area contributed by atoms with E-state index in [1.807, 2.05) is 0 Å². The minimum Gasteiger partial charge on any atom is -0.464 e. The van der Waals surface area contributed by atoms with Crippen LogP contribution >= 0.6 is 0 Å². The minimum atomic E-state index is -4.59. The van der Waals surface area contributed by atoms with Gasteiger partial charge in [-0.1, -0.05) is 18.2 Å². The van der Waals surface area contributed by atoms with Crippen molar-refractivity contribution >= 4 is 11.7 Å². The molecular formula is C12H12F3NO2. The molecule has 0 bridgehead atoms. The fourth-order valence-electron chi connectivity index (χ4n) is 2.13. The molecule has 0 aromatic heterocycles. The zero-order valence-electron chi connectivity index (χ0n) is 9.70. The Labute approximate surface area is 102 Å². The lowest BCUT2D eigenvalue weighted by Gasteiger charge is -2.27. The minimum absolute atomic E-state index is 0.0223. The van der Waals surface area contributed by atoms with Crippen molar-refractivity contribution in [2.45, 2.75) is 25.7 Å². The molecule has 0 fully saturated rings. The van der Waals surface area contributed by atoms with Crippen molar-refractivity contribution in [2.75, 3.05) is 11.5 Å². The number of carbonyl (C=O) groups is 1. The van der Waals surface area contributed by atoms with Gasteiger partial charge in [0.2, 0.25) is 0 Å². The molecule has 3 nitrogen and oxygen atoms in total. The average Bonchev–Trinajstić information content (AvgIpc) is 2.68. The van der Waals surface area contributed by atoms with Crippen molar-refractivity contribution in [3.8, 4) is 0 Å². The molecule has 98 valence electrons. The standard InChI is InChI=1S/C12H12F3NO2/c1-2-18-11(17)10-7-8-5-3-4-6-9(8)16(10)12(13,14)15/h3-6,10H,2,7H2,1H3. The highest BCUT2D eigenvalue weighted by Crippen LogP contribution is 2.40. The molecule has 0 saturated heterocycles. The Bertz CT molecular complexity index is 459. The van der Waals surface area contributed by atoms with E-state index >= 15 is 0 Å². The highest BCUT2D eigenvalue weighted by molar-refractivity contribution is 5.84. The number of benzene rings is 1. The summed E-state index contributed by atoms with van der Waals surface area (Å²) in [5.74, 6) is -0.842. The van der Waals surface area contributed by atoms with Crippen LogP contribution in [0.4, 0.5) is 18.9 Å². The Balaban J connectivity index is 2.37. The van der Waals surface area contributed by atoms with E-state index in [-0.39, 0.29) is 23.6 Å². The Morgan fingerprint density at radius 3 is 2.72 bits per heavy atom. The number of fused-ring (bicyclic) bond motifs is 1. The molecule has 1 aliphatic rings. The molecule has 0 N–H and O–H groups in total. The maximum absolute atomic E-state index is 13.0. The molecule has 1 aliphatic heterocycles. The highest BCUT2D eigenvalue weighted by Gasteiger charge is 2.49. The molecule has 2 rings (SSSR count). The van der Waals surface area contributed by atoms with Crippen LogP contribution in [0.1, 0.15) is 12.5 Å². The van der Waals surface area contributed by atoms with Gasteiger partial charge in [0.15, 0.2) is 0 Å². The van der Waals surface area contributed by atoms with Gasteiger partial charge >= 0.3 is 12.3 Å². The third-order valence-corrected chi connectivity index (χ3v) is 2.81. The summed E-state index contributed by atoms with van der Waals surface area (Å²) < 4.78 is 43.7. The Morgan fingerprint density at radius 1 is 1.44 bits per heavy atom. The highest BCUT2D eigenvalue weighted by atomic mass is 19.4. The fourth-order valence-corrected chi connectivity index (χ4v) is 2.13. The lowest BCUT2D eigenvalue weighted by atomic mass is 10.1. The molecule has 0 radical (unpaired) electrons. The third-order valence-electron chi connectivity index (χ3n) is 2.81. The molecule has 0 spiro atoms. The van der Waals surface area contributed by atoms with Gasteiger partial charge < -0.3 is 4.74 Å². The van der Waals surface area contributed by atoms with Crippen molar-refractivity contribution in [1.29, 1.82) is 0 Å². The molecule has 0 aliphatic carbocycles. The van der Waals surface area contributed by atoms with E-state index in [1.54, 1.807) is 19.1 Å². The van der Waals surface area contributed by atoms with Crippen molar-refractivity contribution in [3.05, 3.63) is 29.8 Å². The van der Waals surface area contributed by atoms with Gasteiger partial charge in [0.1, 0.15) is 6.04 Å². The summed E-state index contributed by atoms with van der Waals surface area (Å²) in [7, 11) is 0. The van der Waals surface area contributed by atoms with Gasteiger partial charge in [0.05, 0.1) is 6.61 Å². The number of para-hydroxylation sites is 1. The van der Waals surface area contributed by atoms with E-state index in [2.05, 4.69) is 0 Å². The summed E-state index contributed by atoms with van der Waals surface area (Å²) in [6, 6.07) is 4.81. The normalized spacial score (nSPS) is 18.7. The van der Waals surface area contributed by atoms with Crippen LogP contribution in [0.2, 0.25) is 0 Å². The zero-order valence-corrected chi connectivity index (χ0v) is 9.70. The van der Waals surface area contributed by atoms with Crippen LogP contribution in [0.25, 0.3) is 0 Å². The van der Waals surface area contributed by atoms with Crippen LogP contribution in [0.15, 0.2) is 24.3 Å². The first-order chi connectivity index (χ1) is 8.45. The molecule has 6 heteroatoms. The van der Waals surface area contributed by atoms with Crippen LogP contribution in [-0.2, 0) is 16.0 Å². The number of anilines is 1. The van der Waals surface area contributed by atoms with E-state index in [0.29, 0.717) is 5.56 Å². The SMILES string of the molecule is CCOC(=O)C1Cc2ccccc2N1C(F)(F)F. The predicted octanol–water partition coefficient (Wildman–Crippen LogP) is 2.50. The van der Waals surface area contributed by atoms with E-state index < -0.39 is 18.3 Å². The van der Waals surface area contributed by atoms with Gasteiger partial charge in [0.25, 0.3) is 0 Å². The van der Waals surface area contributed by atoms with E-state index in [9.17, 15) is 18.0 Å². The molecule has 1 aromatic carbocycles. The van der Waals surface area contributed by atoms with Crippen LogP contribution in [0, 0.1) is 0 Å². The smallest absolute Gasteiger partial charge is 0.464 e. The average molecular weight is 259 g/mol. The molecule has 1 heterocycles. The number of halogens is 3. The van der Waals surface area contributed by atoms with E-state index in [4.69, 9.17) is 4.74 Å². The van der Waals surface area contributed by atoms with E-state index in [0.717, 1.165) is 0 Å². The maximum atomic E-state index is 13.0. The fraction of sp³-hybridized carbons (Fsp3) is 0.417. The van der Waals surface area contributed by atoms with Gasteiger partial charge in [-0.05, 0) is 18.6 Å². The predicted molar refractivity (Wildman–Crippen MR) is 59.1 cm³/mol. The van der Waals surface area contributed by atoms with Crippen molar-refractivity contribution in [3.63, 3.8) is 0 Å². The topological polar surface area (TPSA) is 29.5 Å². The van der Waals surface area contributed by atoms with Crippen LogP contribution < -0.4 is 4.90 Å². The number of hydrogen-bond donors (Lipinski definition) is 0. The number of esters is 1. The lowest BCUT2D eigenvalue weighted by Crippen LogP contribution is -2.48. The molecule has 1 atom stereocenters.